The number of carbonyl (C=O) groups excluding carboxylic acids is 1. The highest BCUT2D eigenvalue weighted by atomic mass is 16.5. The number of nitrogens with zero attached hydrogens (tertiary/aromatic N) is 4. The lowest BCUT2D eigenvalue weighted by Gasteiger charge is -2.19. The Bertz CT molecular complexity index is 1350. The number of anilines is 2. The Hall–Kier alpha value is -4.46. The minimum absolute atomic E-state index is 0.249. The summed E-state index contributed by atoms with van der Waals surface area (Å²) in [5.41, 5.74) is 4.47. The van der Waals surface area contributed by atoms with Crippen molar-refractivity contribution in [2.24, 2.45) is 0 Å². The second-order valence-corrected chi connectivity index (χ2v) is 8.61. The van der Waals surface area contributed by atoms with Crippen LogP contribution < -0.4 is 19.7 Å². The first kappa shape index (κ1) is 24.2. The van der Waals surface area contributed by atoms with Gasteiger partial charge in [-0.25, -0.2) is 4.98 Å². The standard InChI is InChI=1S/C29H29N5O3/c1-2-36-24-12-10-21(11-13-24)20-37-28-25(27(35)31-17-14-23-8-5-6-16-30-23)19-32-29(33-28)34-18-15-22-7-3-4-9-26(22)34/h3-13,16,19H,2,14-15,17-18,20H2,1H3,(H,31,35). The molecule has 2 aromatic carbocycles. The Morgan fingerprint density at radius 2 is 1.84 bits per heavy atom. The summed E-state index contributed by atoms with van der Waals surface area (Å²) in [4.78, 5) is 28.7. The van der Waals surface area contributed by atoms with Crippen LogP contribution in [0.4, 0.5) is 11.6 Å². The minimum Gasteiger partial charge on any atom is -0.494 e. The number of para-hydroxylation sites is 1. The number of hydrogen-bond donors (Lipinski definition) is 1. The first-order valence-electron chi connectivity index (χ1n) is 12.5. The molecule has 37 heavy (non-hydrogen) atoms. The van der Waals surface area contributed by atoms with Crippen molar-refractivity contribution in [1.29, 1.82) is 0 Å². The summed E-state index contributed by atoms with van der Waals surface area (Å²) in [6.07, 6.45) is 4.83. The molecule has 0 radical (unpaired) electrons. The van der Waals surface area contributed by atoms with Crippen molar-refractivity contribution in [2.75, 3.05) is 24.6 Å². The van der Waals surface area contributed by atoms with Gasteiger partial charge in [-0.2, -0.15) is 4.98 Å². The smallest absolute Gasteiger partial charge is 0.258 e. The molecule has 0 atom stereocenters. The van der Waals surface area contributed by atoms with Crippen molar-refractivity contribution in [1.82, 2.24) is 20.3 Å². The second-order valence-electron chi connectivity index (χ2n) is 8.61. The number of nitrogens with one attached hydrogen (secondary N) is 1. The molecule has 1 N–H and O–H groups in total. The molecule has 5 rings (SSSR count). The van der Waals surface area contributed by atoms with E-state index in [1.165, 1.54) is 5.56 Å². The summed E-state index contributed by atoms with van der Waals surface area (Å²) in [6.45, 7) is 4.03. The highest BCUT2D eigenvalue weighted by Crippen LogP contribution is 2.33. The molecule has 0 bridgehead atoms. The monoisotopic (exact) mass is 495 g/mol. The molecule has 8 nitrogen and oxygen atoms in total. The lowest BCUT2D eigenvalue weighted by Crippen LogP contribution is -2.27. The van der Waals surface area contributed by atoms with Gasteiger partial charge in [0, 0.05) is 43.3 Å². The van der Waals surface area contributed by atoms with Gasteiger partial charge in [0.05, 0.1) is 6.61 Å². The SMILES string of the molecule is CCOc1ccc(COc2nc(N3CCc4ccccc43)ncc2C(=O)NCCc2ccccn2)cc1. The van der Waals surface area contributed by atoms with Crippen molar-refractivity contribution in [3.8, 4) is 11.6 Å². The van der Waals surface area contributed by atoms with Gasteiger partial charge in [-0.05, 0) is 54.8 Å². The van der Waals surface area contributed by atoms with Crippen LogP contribution in [0.5, 0.6) is 11.6 Å². The van der Waals surface area contributed by atoms with Crippen LogP contribution in [0, 0.1) is 0 Å². The fraction of sp³-hybridized carbons (Fsp3) is 0.241. The molecular weight excluding hydrogens is 466 g/mol. The van der Waals surface area contributed by atoms with Crippen LogP contribution >= 0.6 is 0 Å². The molecule has 0 aliphatic carbocycles. The van der Waals surface area contributed by atoms with Gasteiger partial charge in [0.25, 0.3) is 5.91 Å². The quantitative estimate of drug-likeness (QED) is 0.346. The Labute approximate surface area is 216 Å². The maximum Gasteiger partial charge on any atom is 0.258 e. The molecule has 0 saturated carbocycles. The predicted molar refractivity (Wildman–Crippen MR) is 141 cm³/mol. The van der Waals surface area contributed by atoms with Crippen LogP contribution in [0.15, 0.2) is 79.1 Å². The molecule has 1 aliphatic rings. The lowest BCUT2D eigenvalue weighted by atomic mass is 10.2. The number of aromatic nitrogens is 3. The number of amides is 1. The molecule has 1 aliphatic heterocycles. The zero-order valence-electron chi connectivity index (χ0n) is 20.8. The largest absolute Gasteiger partial charge is 0.494 e. The third-order valence-electron chi connectivity index (χ3n) is 6.12. The third kappa shape index (κ3) is 5.86. The predicted octanol–water partition coefficient (Wildman–Crippen LogP) is 4.52. The van der Waals surface area contributed by atoms with Crippen molar-refractivity contribution < 1.29 is 14.3 Å². The van der Waals surface area contributed by atoms with Crippen LogP contribution in [0.2, 0.25) is 0 Å². The van der Waals surface area contributed by atoms with E-state index in [-0.39, 0.29) is 18.4 Å². The van der Waals surface area contributed by atoms with Crippen molar-refractivity contribution in [2.45, 2.75) is 26.4 Å². The second kappa shape index (κ2) is 11.5. The first-order valence-corrected chi connectivity index (χ1v) is 12.5. The summed E-state index contributed by atoms with van der Waals surface area (Å²) >= 11 is 0. The molecule has 0 unspecified atom stereocenters. The van der Waals surface area contributed by atoms with Gasteiger partial charge in [0.1, 0.15) is 17.9 Å². The molecular formula is C29H29N5O3. The zero-order chi connectivity index (χ0) is 25.5. The van der Waals surface area contributed by atoms with Crippen molar-refractivity contribution in [3.05, 3.63) is 102 Å². The van der Waals surface area contributed by atoms with Crippen LogP contribution in [0.25, 0.3) is 0 Å². The van der Waals surface area contributed by atoms with Crippen LogP contribution in [0.1, 0.15) is 34.1 Å². The van der Waals surface area contributed by atoms with Crippen molar-refractivity contribution in [3.63, 3.8) is 0 Å². The fourth-order valence-electron chi connectivity index (χ4n) is 4.24. The van der Waals surface area contributed by atoms with Gasteiger partial charge < -0.3 is 19.7 Å². The number of fused-ring (bicyclic) bond motifs is 1. The fourth-order valence-corrected chi connectivity index (χ4v) is 4.24. The third-order valence-corrected chi connectivity index (χ3v) is 6.12. The molecule has 0 fully saturated rings. The van der Waals surface area contributed by atoms with E-state index in [1.807, 2.05) is 61.5 Å². The minimum atomic E-state index is -0.286. The van der Waals surface area contributed by atoms with Crippen LogP contribution in [0.3, 0.4) is 0 Å². The van der Waals surface area contributed by atoms with Crippen LogP contribution in [-0.2, 0) is 19.4 Å². The van der Waals surface area contributed by atoms with Gasteiger partial charge in [0.15, 0.2) is 0 Å². The van der Waals surface area contributed by atoms with Gasteiger partial charge >= 0.3 is 0 Å². The van der Waals surface area contributed by atoms with Gasteiger partial charge in [-0.1, -0.05) is 36.4 Å². The highest BCUT2D eigenvalue weighted by molar-refractivity contribution is 5.96. The molecule has 188 valence electrons. The topological polar surface area (TPSA) is 89.5 Å². The zero-order valence-corrected chi connectivity index (χ0v) is 20.8. The number of pyridine rings is 1. The number of benzene rings is 2. The van der Waals surface area contributed by atoms with E-state index in [9.17, 15) is 4.79 Å². The number of hydrogen-bond acceptors (Lipinski definition) is 7. The lowest BCUT2D eigenvalue weighted by molar-refractivity contribution is 0.0948. The molecule has 0 spiro atoms. The summed E-state index contributed by atoms with van der Waals surface area (Å²) in [5, 5.41) is 2.94. The molecule has 8 heteroatoms. The molecule has 2 aromatic heterocycles. The van der Waals surface area contributed by atoms with E-state index in [4.69, 9.17) is 14.5 Å². The van der Waals surface area contributed by atoms with Gasteiger partial charge in [-0.15, -0.1) is 0 Å². The van der Waals surface area contributed by atoms with Gasteiger partial charge in [0.2, 0.25) is 11.8 Å². The molecule has 3 heterocycles. The van der Waals surface area contributed by atoms with E-state index in [1.54, 1.807) is 12.4 Å². The maximum absolute atomic E-state index is 13.1. The van der Waals surface area contributed by atoms with E-state index >= 15 is 0 Å². The Morgan fingerprint density at radius 1 is 1.00 bits per heavy atom. The molecule has 1 amide bonds. The molecule has 0 saturated heterocycles. The van der Waals surface area contributed by atoms with E-state index < -0.39 is 0 Å². The van der Waals surface area contributed by atoms with E-state index in [0.29, 0.717) is 31.1 Å². The number of ether oxygens (including phenoxy) is 2. The molecule has 4 aromatic rings. The van der Waals surface area contributed by atoms with E-state index in [2.05, 4.69) is 32.3 Å². The highest BCUT2D eigenvalue weighted by Gasteiger charge is 2.24. The Balaban J connectivity index is 1.35. The van der Waals surface area contributed by atoms with Gasteiger partial charge in [-0.3, -0.25) is 9.78 Å². The normalized spacial score (nSPS) is 12.2. The summed E-state index contributed by atoms with van der Waals surface area (Å²) in [7, 11) is 0. The Morgan fingerprint density at radius 3 is 2.65 bits per heavy atom. The van der Waals surface area contributed by atoms with E-state index in [0.717, 1.165) is 35.7 Å². The Kier molecular flexibility index (Phi) is 7.55. The van der Waals surface area contributed by atoms with Crippen molar-refractivity contribution >= 4 is 17.5 Å². The number of rotatable bonds is 10. The number of carbonyl (C=O) groups is 1. The first-order chi connectivity index (χ1) is 18.2. The average molecular weight is 496 g/mol. The summed E-state index contributed by atoms with van der Waals surface area (Å²) in [5.74, 6) is 1.28. The average Bonchev–Trinajstić information content (AvgIpc) is 3.37. The maximum atomic E-state index is 13.1. The summed E-state index contributed by atoms with van der Waals surface area (Å²) in [6, 6.07) is 21.6. The van der Waals surface area contributed by atoms with Crippen LogP contribution in [-0.4, -0.2) is 40.6 Å². The summed E-state index contributed by atoms with van der Waals surface area (Å²) < 4.78 is 11.6.